The molecule has 0 atom stereocenters. The molecule has 6 heteroatoms. The second kappa shape index (κ2) is 6.65. The fraction of sp³-hybridized carbons (Fsp3) is 0.583. The first-order chi connectivity index (χ1) is 8.65. The first-order valence-corrected chi connectivity index (χ1v) is 7.78. The number of halogens is 1. The third-order valence-corrected chi connectivity index (χ3v) is 4.74. The number of rotatable bonds is 5. The van der Waals surface area contributed by atoms with E-state index >= 15 is 0 Å². The standard InChI is InChI=1S/C12H18BrN3OS/c13-11-5-9(8-18-11)6-16(7-12(14)17)10-1-3-15-4-2-10/h5,8,10,15H,1-4,6-7H2,(H2,14,17). The van der Waals surface area contributed by atoms with E-state index in [2.05, 4.69) is 37.6 Å². The highest BCUT2D eigenvalue weighted by Gasteiger charge is 2.22. The van der Waals surface area contributed by atoms with Gasteiger partial charge in [-0.05, 0) is 58.9 Å². The predicted octanol–water partition coefficient (Wildman–Crippen LogP) is 1.55. The van der Waals surface area contributed by atoms with E-state index in [1.54, 1.807) is 11.3 Å². The maximum absolute atomic E-state index is 11.2. The number of nitrogens with one attached hydrogen (secondary N) is 1. The Morgan fingerprint density at radius 3 is 2.83 bits per heavy atom. The Labute approximate surface area is 120 Å². The van der Waals surface area contributed by atoms with Crippen LogP contribution in [-0.4, -0.2) is 36.5 Å². The molecule has 0 saturated carbocycles. The Bertz CT molecular complexity index is 404. The Hall–Kier alpha value is -0.430. The summed E-state index contributed by atoms with van der Waals surface area (Å²) in [5.74, 6) is -0.247. The number of nitrogens with two attached hydrogens (primary N) is 1. The molecule has 100 valence electrons. The van der Waals surface area contributed by atoms with Crippen molar-refractivity contribution in [3.63, 3.8) is 0 Å². The topological polar surface area (TPSA) is 58.4 Å². The van der Waals surface area contributed by atoms with Crippen molar-refractivity contribution in [3.05, 3.63) is 20.8 Å². The molecule has 4 nitrogen and oxygen atoms in total. The first kappa shape index (κ1) is 14.0. The average molecular weight is 332 g/mol. The minimum atomic E-state index is -0.247. The molecule has 1 saturated heterocycles. The molecule has 0 bridgehead atoms. The van der Waals surface area contributed by atoms with Gasteiger partial charge >= 0.3 is 0 Å². The van der Waals surface area contributed by atoms with E-state index in [-0.39, 0.29) is 5.91 Å². The van der Waals surface area contributed by atoms with Gasteiger partial charge in [0.2, 0.25) is 5.91 Å². The Morgan fingerprint density at radius 2 is 2.28 bits per heavy atom. The lowest BCUT2D eigenvalue weighted by molar-refractivity contribution is -0.120. The molecular weight excluding hydrogens is 314 g/mol. The molecule has 1 aliphatic rings. The van der Waals surface area contributed by atoms with Crippen LogP contribution in [0.2, 0.25) is 0 Å². The summed E-state index contributed by atoms with van der Waals surface area (Å²) in [6, 6.07) is 2.57. The average Bonchev–Trinajstić information content (AvgIpc) is 2.75. The van der Waals surface area contributed by atoms with Gasteiger partial charge in [0.1, 0.15) is 0 Å². The van der Waals surface area contributed by atoms with E-state index < -0.39 is 0 Å². The summed E-state index contributed by atoms with van der Waals surface area (Å²) in [4.78, 5) is 13.4. The zero-order valence-corrected chi connectivity index (χ0v) is 12.6. The van der Waals surface area contributed by atoms with Gasteiger partial charge in [0.25, 0.3) is 0 Å². The number of hydrogen-bond acceptors (Lipinski definition) is 4. The number of hydrogen-bond donors (Lipinski definition) is 2. The van der Waals surface area contributed by atoms with Crippen molar-refractivity contribution in [3.8, 4) is 0 Å². The lowest BCUT2D eigenvalue weighted by Gasteiger charge is -2.33. The zero-order valence-electron chi connectivity index (χ0n) is 10.2. The van der Waals surface area contributed by atoms with Crippen molar-refractivity contribution >= 4 is 33.2 Å². The molecule has 1 amide bonds. The number of primary amides is 1. The van der Waals surface area contributed by atoms with Crippen molar-refractivity contribution in [1.82, 2.24) is 10.2 Å². The molecule has 0 aliphatic carbocycles. The van der Waals surface area contributed by atoms with Crippen LogP contribution in [0.3, 0.4) is 0 Å². The molecular formula is C12H18BrN3OS. The number of thiophene rings is 1. The molecule has 2 heterocycles. The fourth-order valence-electron chi connectivity index (χ4n) is 2.35. The van der Waals surface area contributed by atoms with E-state index in [0.29, 0.717) is 12.6 Å². The van der Waals surface area contributed by atoms with E-state index in [1.165, 1.54) is 5.56 Å². The van der Waals surface area contributed by atoms with Crippen LogP contribution in [-0.2, 0) is 11.3 Å². The van der Waals surface area contributed by atoms with Crippen molar-refractivity contribution in [2.24, 2.45) is 5.73 Å². The van der Waals surface area contributed by atoms with E-state index in [0.717, 1.165) is 36.3 Å². The minimum absolute atomic E-state index is 0.247. The summed E-state index contributed by atoms with van der Waals surface area (Å²) in [6.07, 6.45) is 2.16. The number of amides is 1. The molecule has 1 aromatic heterocycles. The van der Waals surface area contributed by atoms with Crippen LogP contribution < -0.4 is 11.1 Å². The van der Waals surface area contributed by atoms with Crippen molar-refractivity contribution in [2.45, 2.75) is 25.4 Å². The van der Waals surface area contributed by atoms with Crippen LogP contribution in [0, 0.1) is 0 Å². The van der Waals surface area contributed by atoms with Crippen LogP contribution in [0.4, 0.5) is 0 Å². The Morgan fingerprint density at radius 1 is 1.56 bits per heavy atom. The molecule has 0 unspecified atom stereocenters. The minimum Gasteiger partial charge on any atom is -0.369 e. The van der Waals surface area contributed by atoms with Crippen molar-refractivity contribution in [1.29, 1.82) is 0 Å². The van der Waals surface area contributed by atoms with Crippen molar-refractivity contribution in [2.75, 3.05) is 19.6 Å². The van der Waals surface area contributed by atoms with Gasteiger partial charge in [-0.3, -0.25) is 9.69 Å². The van der Waals surface area contributed by atoms with Gasteiger partial charge in [-0.15, -0.1) is 11.3 Å². The zero-order chi connectivity index (χ0) is 13.0. The van der Waals surface area contributed by atoms with Gasteiger partial charge in [-0.25, -0.2) is 0 Å². The third kappa shape index (κ3) is 4.05. The summed E-state index contributed by atoms with van der Waals surface area (Å²) in [5, 5.41) is 5.47. The van der Waals surface area contributed by atoms with Crippen LogP contribution >= 0.6 is 27.3 Å². The van der Waals surface area contributed by atoms with Gasteiger partial charge in [-0.2, -0.15) is 0 Å². The second-order valence-corrected chi connectivity index (χ2v) is 6.90. The summed E-state index contributed by atoms with van der Waals surface area (Å²) >= 11 is 5.14. The molecule has 2 rings (SSSR count). The highest BCUT2D eigenvalue weighted by atomic mass is 79.9. The monoisotopic (exact) mass is 331 g/mol. The molecule has 0 radical (unpaired) electrons. The summed E-state index contributed by atoms with van der Waals surface area (Å²) in [6.45, 7) is 3.19. The van der Waals surface area contributed by atoms with E-state index in [1.807, 2.05) is 0 Å². The summed E-state index contributed by atoms with van der Waals surface area (Å²) in [5.41, 5.74) is 6.60. The number of carbonyl (C=O) groups is 1. The van der Waals surface area contributed by atoms with Crippen LogP contribution in [0.15, 0.2) is 15.2 Å². The van der Waals surface area contributed by atoms with Gasteiger partial charge in [0.15, 0.2) is 0 Å². The normalized spacial score (nSPS) is 17.2. The van der Waals surface area contributed by atoms with Crippen LogP contribution in [0.5, 0.6) is 0 Å². The third-order valence-electron chi connectivity index (χ3n) is 3.19. The van der Waals surface area contributed by atoms with Crippen LogP contribution in [0.25, 0.3) is 0 Å². The summed E-state index contributed by atoms with van der Waals surface area (Å²) < 4.78 is 1.13. The Kier molecular flexibility index (Phi) is 5.17. The molecule has 0 aromatic carbocycles. The van der Waals surface area contributed by atoms with E-state index in [9.17, 15) is 4.79 Å². The maximum atomic E-state index is 11.2. The van der Waals surface area contributed by atoms with Crippen molar-refractivity contribution < 1.29 is 4.79 Å². The SMILES string of the molecule is NC(=O)CN(Cc1csc(Br)c1)C1CCNCC1. The summed E-state index contributed by atoms with van der Waals surface area (Å²) in [7, 11) is 0. The van der Waals surface area contributed by atoms with Gasteiger partial charge in [0.05, 0.1) is 10.3 Å². The fourth-order valence-corrected chi connectivity index (χ4v) is 3.55. The predicted molar refractivity (Wildman–Crippen MR) is 77.5 cm³/mol. The quantitative estimate of drug-likeness (QED) is 0.860. The first-order valence-electron chi connectivity index (χ1n) is 6.11. The highest BCUT2D eigenvalue weighted by Crippen LogP contribution is 2.23. The largest absolute Gasteiger partial charge is 0.369 e. The second-order valence-electron chi connectivity index (χ2n) is 4.61. The molecule has 1 aliphatic heterocycles. The smallest absolute Gasteiger partial charge is 0.231 e. The molecule has 0 spiro atoms. The van der Waals surface area contributed by atoms with Gasteiger partial charge in [0, 0.05) is 12.6 Å². The number of carbonyl (C=O) groups excluding carboxylic acids is 1. The molecule has 1 fully saturated rings. The maximum Gasteiger partial charge on any atom is 0.231 e. The lowest BCUT2D eigenvalue weighted by Crippen LogP contribution is -2.46. The molecule has 18 heavy (non-hydrogen) atoms. The number of piperidine rings is 1. The highest BCUT2D eigenvalue weighted by molar-refractivity contribution is 9.11. The Balaban J connectivity index is 2.01. The van der Waals surface area contributed by atoms with Gasteiger partial charge in [-0.1, -0.05) is 0 Å². The number of nitrogens with zero attached hydrogens (tertiary/aromatic N) is 1. The molecule has 1 aromatic rings. The lowest BCUT2D eigenvalue weighted by atomic mass is 10.0. The van der Waals surface area contributed by atoms with Crippen LogP contribution in [0.1, 0.15) is 18.4 Å². The van der Waals surface area contributed by atoms with E-state index in [4.69, 9.17) is 5.73 Å². The molecule has 3 N–H and O–H groups in total. The van der Waals surface area contributed by atoms with Gasteiger partial charge < -0.3 is 11.1 Å².